The Morgan fingerprint density at radius 2 is 1.68 bits per heavy atom. The summed E-state index contributed by atoms with van der Waals surface area (Å²) in [5.74, 6) is 0. The summed E-state index contributed by atoms with van der Waals surface area (Å²) in [7, 11) is 0. The van der Waals surface area contributed by atoms with Gasteiger partial charge in [-0.2, -0.15) is 0 Å². The van der Waals surface area contributed by atoms with E-state index in [0.717, 1.165) is 5.57 Å². The molecule has 0 saturated carbocycles. The standard InChI is InChI=1S/C18H27N/c1-9-14(4)12-16(10-2)15(5)17(13-19-11-3)18(6,7)8/h9-13H,2-3H2,1,4-8H3/b14-9-,16-12+,17-15-,19-13-. The normalized spacial score (nSPS) is 15.5. The summed E-state index contributed by atoms with van der Waals surface area (Å²) < 4.78 is 0. The van der Waals surface area contributed by atoms with Crippen LogP contribution in [0, 0.1) is 5.41 Å². The van der Waals surface area contributed by atoms with Crippen molar-refractivity contribution in [3.63, 3.8) is 0 Å². The highest BCUT2D eigenvalue weighted by Crippen LogP contribution is 2.30. The summed E-state index contributed by atoms with van der Waals surface area (Å²) in [6, 6.07) is 0. The molecule has 0 spiro atoms. The van der Waals surface area contributed by atoms with Crippen LogP contribution in [0.5, 0.6) is 0 Å². The van der Waals surface area contributed by atoms with Crippen LogP contribution in [0.4, 0.5) is 0 Å². The second-order valence-electron chi connectivity index (χ2n) is 5.59. The predicted octanol–water partition coefficient (Wildman–Crippen LogP) is 5.64. The number of nitrogens with zero attached hydrogens (tertiary/aromatic N) is 1. The van der Waals surface area contributed by atoms with Crippen molar-refractivity contribution in [1.29, 1.82) is 0 Å². The number of aliphatic imine (C=N–C) groups is 1. The Kier molecular flexibility index (Phi) is 7.06. The van der Waals surface area contributed by atoms with Gasteiger partial charge < -0.3 is 0 Å². The first-order valence-corrected chi connectivity index (χ1v) is 6.60. The Bertz CT molecular complexity index is 449. The van der Waals surface area contributed by atoms with Crippen LogP contribution in [0.15, 0.2) is 64.9 Å². The Balaban J connectivity index is 5.93. The molecular formula is C18H27N. The summed E-state index contributed by atoms with van der Waals surface area (Å²) in [5.41, 5.74) is 4.79. The zero-order valence-corrected chi connectivity index (χ0v) is 13.2. The van der Waals surface area contributed by atoms with Gasteiger partial charge in [0.05, 0.1) is 0 Å². The Morgan fingerprint density at radius 3 is 2.05 bits per heavy atom. The molecule has 0 atom stereocenters. The van der Waals surface area contributed by atoms with E-state index in [9.17, 15) is 0 Å². The molecule has 1 heteroatoms. The average Bonchev–Trinajstić information content (AvgIpc) is 2.34. The maximum atomic E-state index is 4.18. The molecule has 1 nitrogen and oxygen atoms in total. The fourth-order valence-corrected chi connectivity index (χ4v) is 1.78. The van der Waals surface area contributed by atoms with Gasteiger partial charge in [0.1, 0.15) is 0 Å². The molecule has 0 aromatic heterocycles. The third-order valence-corrected chi connectivity index (χ3v) is 3.01. The molecule has 19 heavy (non-hydrogen) atoms. The largest absolute Gasteiger partial charge is 0.265 e. The predicted molar refractivity (Wildman–Crippen MR) is 88.6 cm³/mol. The molecule has 0 fully saturated rings. The smallest absolute Gasteiger partial charge is 0.0307 e. The second-order valence-corrected chi connectivity index (χ2v) is 5.59. The van der Waals surface area contributed by atoms with Crippen LogP contribution in [0.1, 0.15) is 41.5 Å². The van der Waals surface area contributed by atoms with Crippen LogP contribution in [0.3, 0.4) is 0 Å². The van der Waals surface area contributed by atoms with Crippen molar-refractivity contribution in [3.05, 3.63) is 59.9 Å². The van der Waals surface area contributed by atoms with Crippen molar-refractivity contribution in [2.45, 2.75) is 41.5 Å². The summed E-state index contributed by atoms with van der Waals surface area (Å²) in [4.78, 5) is 4.18. The Morgan fingerprint density at radius 1 is 1.11 bits per heavy atom. The molecular weight excluding hydrogens is 230 g/mol. The second kappa shape index (κ2) is 7.73. The van der Waals surface area contributed by atoms with E-state index in [4.69, 9.17) is 0 Å². The molecule has 0 bridgehead atoms. The first-order chi connectivity index (χ1) is 8.77. The Labute approximate surface area is 118 Å². The molecule has 0 aromatic rings. The van der Waals surface area contributed by atoms with Gasteiger partial charge in [-0.3, -0.25) is 4.99 Å². The molecule has 0 saturated heterocycles. The van der Waals surface area contributed by atoms with Gasteiger partial charge in [-0.25, -0.2) is 0 Å². The summed E-state index contributed by atoms with van der Waals surface area (Å²) in [6.07, 6.45) is 9.59. The topological polar surface area (TPSA) is 12.4 Å². The van der Waals surface area contributed by atoms with E-state index < -0.39 is 0 Å². The Hall–Kier alpha value is -1.63. The van der Waals surface area contributed by atoms with Gasteiger partial charge in [-0.05, 0) is 42.9 Å². The minimum atomic E-state index is 0.0303. The molecule has 0 amide bonds. The van der Waals surface area contributed by atoms with Crippen molar-refractivity contribution in [3.8, 4) is 0 Å². The van der Waals surface area contributed by atoms with Crippen molar-refractivity contribution in [2.75, 3.05) is 0 Å². The van der Waals surface area contributed by atoms with Crippen molar-refractivity contribution in [2.24, 2.45) is 10.4 Å². The van der Waals surface area contributed by atoms with Gasteiger partial charge in [0, 0.05) is 12.4 Å². The lowest BCUT2D eigenvalue weighted by Gasteiger charge is -2.23. The zero-order valence-electron chi connectivity index (χ0n) is 13.2. The molecule has 0 aliphatic heterocycles. The molecule has 0 N–H and O–H groups in total. The highest BCUT2D eigenvalue weighted by molar-refractivity contribution is 5.83. The molecule has 0 aliphatic carbocycles. The highest BCUT2D eigenvalue weighted by atomic mass is 14.7. The lowest BCUT2D eigenvalue weighted by molar-refractivity contribution is 0.522. The van der Waals surface area contributed by atoms with Crippen molar-refractivity contribution >= 4 is 6.21 Å². The lowest BCUT2D eigenvalue weighted by atomic mass is 9.82. The van der Waals surface area contributed by atoms with E-state index in [1.54, 1.807) is 6.20 Å². The third-order valence-electron chi connectivity index (χ3n) is 3.01. The van der Waals surface area contributed by atoms with E-state index in [1.807, 2.05) is 19.2 Å². The zero-order chi connectivity index (χ0) is 15.1. The molecule has 0 rings (SSSR count). The fourth-order valence-electron chi connectivity index (χ4n) is 1.78. The van der Waals surface area contributed by atoms with E-state index >= 15 is 0 Å². The molecule has 0 radical (unpaired) electrons. The molecule has 104 valence electrons. The van der Waals surface area contributed by atoms with Gasteiger partial charge in [-0.1, -0.05) is 57.7 Å². The van der Waals surface area contributed by atoms with E-state index in [2.05, 4.69) is 64.9 Å². The number of hydrogen-bond acceptors (Lipinski definition) is 1. The van der Waals surface area contributed by atoms with Gasteiger partial charge in [0.15, 0.2) is 0 Å². The highest BCUT2D eigenvalue weighted by Gasteiger charge is 2.18. The SMILES string of the molecule is C=C\N=C/C(=C(C)/C(C=C)=C/C(C)=C\C)C(C)(C)C. The summed E-state index contributed by atoms with van der Waals surface area (Å²) in [6.45, 7) is 20.4. The molecule has 0 unspecified atom stereocenters. The maximum absolute atomic E-state index is 4.18. The van der Waals surface area contributed by atoms with Gasteiger partial charge >= 0.3 is 0 Å². The van der Waals surface area contributed by atoms with Gasteiger partial charge in [0.25, 0.3) is 0 Å². The van der Waals surface area contributed by atoms with Crippen LogP contribution in [-0.2, 0) is 0 Å². The van der Waals surface area contributed by atoms with Crippen molar-refractivity contribution < 1.29 is 0 Å². The lowest BCUT2D eigenvalue weighted by Crippen LogP contribution is -2.13. The molecule has 0 aliphatic rings. The first kappa shape index (κ1) is 17.4. The van der Waals surface area contributed by atoms with Crippen LogP contribution < -0.4 is 0 Å². The van der Waals surface area contributed by atoms with Crippen molar-refractivity contribution in [1.82, 2.24) is 0 Å². The van der Waals surface area contributed by atoms with Crippen LogP contribution in [-0.4, -0.2) is 6.21 Å². The number of hydrogen-bond donors (Lipinski definition) is 0. The summed E-state index contributed by atoms with van der Waals surface area (Å²) >= 11 is 0. The summed E-state index contributed by atoms with van der Waals surface area (Å²) in [5, 5.41) is 0. The molecule has 0 aromatic carbocycles. The molecule has 0 heterocycles. The first-order valence-electron chi connectivity index (χ1n) is 6.60. The van der Waals surface area contributed by atoms with Gasteiger partial charge in [0.2, 0.25) is 0 Å². The average molecular weight is 257 g/mol. The van der Waals surface area contributed by atoms with Crippen LogP contribution in [0.25, 0.3) is 0 Å². The number of rotatable bonds is 5. The van der Waals surface area contributed by atoms with Crippen LogP contribution >= 0.6 is 0 Å². The minimum Gasteiger partial charge on any atom is -0.265 e. The van der Waals surface area contributed by atoms with E-state index in [-0.39, 0.29) is 5.41 Å². The van der Waals surface area contributed by atoms with Crippen LogP contribution in [0.2, 0.25) is 0 Å². The fraction of sp³-hybridized carbons (Fsp3) is 0.389. The quantitative estimate of drug-likeness (QED) is 0.446. The van der Waals surface area contributed by atoms with E-state index in [0.29, 0.717) is 0 Å². The minimum absolute atomic E-state index is 0.0303. The monoisotopic (exact) mass is 257 g/mol. The van der Waals surface area contributed by atoms with Gasteiger partial charge in [-0.15, -0.1) is 0 Å². The maximum Gasteiger partial charge on any atom is 0.0307 e. The number of allylic oxidation sites excluding steroid dienone is 7. The van der Waals surface area contributed by atoms with E-state index in [1.165, 1.54) is 16.7 Å². The third kappa shape index (κ3) is 5.69.